The lowest BCUT2D eigenvalue weighted by atomic mass is 10.1. The number of rotatable bonds is 5. The fourth-order valence-electron chi connectivity index (χ4n) is 2.51. The highest BCUT2D eigenvalue weighted by atomic mass is 35.5. The number of methoxy groups -OCH3 is 2. The number of hydrogen-bond donors (Lipinski definition) is 1. The number of ether oxygens (including phenoxy) is 2. The quantitative estimate of drug-likeness (QED) is 0.891. The van der Waals surface area contributed by atoms with Crippen molar-refractivity contribution >= 4 is 11.6 Å². The third kappa shape index (κ3) is 3.16. The summed E-state index contributed by atoms with van der Waals surface area (Å²) in [6.45, 7) is 0.814. The molecule has 0 heterocycles. The van der Waals surface area contributed by atoms with Gasteiger partial charge in [0.1, 0.15) is 5.75 Å². The lowest BCUT2D eigenvalue weighted by Crippen LogP contribution is -2.36. The normalized spacial score (nSPS) is 23.3. The average molecular weight is 270 g/mol. The Labute approximate surface area is 113 Å². The van der Waals surface area contributed by atoms with E-state index in [1.54, 1.807) is 14.2 Å². The lowest BCUT2D eigenvalue weighted by molar-refractivity contribution is 0.0847. The molecule has 18 heavy (non-hydrogen) atoms. The van der Waals surface area contributed by atoms with E-state index in [4.69, 9.17) is 21.1 Å². The first-order valence-corrected chi connectivity index (χ1v) is 6.71. The molecule has 100 valence electrons. The van der Waals surface area contributed by atoms with Gasteiger partial charge in [-0.15, -0.1) is 0 Å². The molecular formula is C14H20ClNO2. The maximum absolute atomic E-state index is 6.10. The first-order chi connectivity index (χ1) is 8.74. The van der Waals surface area contributed by atoms with E-state index >= 15 is 0 Å². The van der Waals surface area contributed by atoms with E-state index in [1.807, 2.05) is 18.2 Å². The Morgan fingerprint density at radius 3 is 2.83 bits per heavy atom. The van der Waals surface area contributed by atoms with Crippen LogP contribution in [0.2, 0.25) is 5.02 Å². The van der Waals surface area contributed by atoms with Gasteiger partial charge >= 0.3 is 0 Å². The predicted molar refractivity (Wildman–Crippen MR) is 73.3 cm³/mol. The van der Waals surface area contributed by atoms with Crippen molar-refractivity contribution in [1.29, 1.82) is 0 Å². The largest absolute Gasteiger partial charge is 0.495 e. The first kappa shape index (κ1) is 13.7. The van der Waals surface area contributed by atoms with Gasteiger partial charge < -0.3 is 14.8 Å². The third-order valence-electron chi connectivity index (χ3n) is 3.54. The van der Waals surface area contributed by atoms with E-state index < -0.39 is 0 Å². The van der Waals surface area contributed by atoms with Crippen molar-refractivity contribution in [3.8, 4) is 5.75 Å². The highest BCUT2D eigenvalue weighted by Gasteiger charge is 2.26. The minimum Gasteiger partial charge on any atom is -0.495 e. The molecule has 1 fully saturated rings. The fourth-order valence-corrected chi connectivity index (χ4v) is 2.79. The van der Waals surface area contributed by atoms with E-state index in [9.17, 15) is 0 Å². The molecule has 0 aliphatic heterocycles. The van der Waals surface area contributed by atoms with Crippen molar-refractivity contribution in [1.82, 2.24) is 5.32 Å². The van der Waals surface area contributed by atoms with Gasteiger partial charge in [-0.05, 0) is 37.0 Å². The maximum atomic E-state index is 6.10. The zero-order valence-electron chi connectivity index (χ0n) is 10.9. The van der Waals surface area contributed by atoms with Crippen molar-refractivity contribution in [3.63, 3.8) is 0 Å². The number of hydrogen-bond acceptors (Lipinski definition) is 3. The van der Waals surface area contributed by atoms with Crippen LogP contribution >= 0.6 is 11.6 Å². The Morgan fingerprint density at radius 2 is 2.17 bits per heavy atom. The van der Waals surface area contributed by atoms with Crippen LogP contribution in [0.4, 0.5) is 0 Å². The van der Waals surface area contributed by atoms with Crippen LogP contribution in [0.25, 0.3) is 0 Å². The topological polar surface area (TPSA) is 30.5 Å². The van der Waals surface area contributed by atoms with Gasteiger partial charge in [0.15, 0.2) is 0 Å². The monoisotopic (exact) mass is 269 g/mol. The molecule has 0 aromatic heterocycles. The van der Waals surface area contributed by atoms with Gasteiger partial charge in [-0.3, -0.25) is 0 Å². The molecule has 0 saturated heterocycles. The van der Waals surface area contributed by atoms with Gasteiger partial charge in [0.25, 0.3) is 0 Å². The SMILES string of the molecule is COc1ccc(CNC2CCCC2OC)cc1Cl. The van der Waals surface area contributed by atoms with Crippen LogP contribution in [-0.2, 0) is 11.3 Å². The summed E-state index contributed by atoms with van der Waals surface area (Å²) in [7, 11) is 3.41. The summed E-state index contributed by atoms with van der Waals surface area (Å²) < 4.78 is 10.6. The van der Waals surface area contributed by atoms with Gasteiger partial charge in [0.05, 0.1) is 18.2 Å². The zero-order valence-corrected chi connectivity index (χ0v) is 11.7. The minimum atomic E-state index is 0.346. The summed E-state index contributed by atoms with van der Waals surface area (Å²) in [5, 5.41) is 4.20. The van der Waals surface area contributed by atoms with Gasteiger partial charge in [0, 0.05) is 19.7 Å². The molecule has 0 amide bonds. The molecule has 0 bridgehead atoms. The molecule has 0 spiro atoms. The third-order valence-corrected chi connectivity index (χ3v) is 3.84. The molecule has 3 nitrogen and oxygen atoms in total. The molecule has 4 heteroatoms. The zero-order chi connectivity index (χ0) is 13.0. The summed E-state index contributed by atoms with van der Waals surface area (Å²) in [6, 6.07) is 6.34. The molecule has 1 aromatic rings. The smallest absolute Gasteiger partial charge is 0.137 e. The summed E-state index contributed by atoms with van der Waals surface area (Å²) in [5.41, 5.74) is 1.17. The molecule has 1 aromatic carbocycles. The molecule has 1 N–H and O–H groups in total. The molecular weight excluding hydrogens is 250 g/mol. The second kappa shape index (κ2) is 6.41. The predicted octanol–water partition coefficient (Wildman–Crippen LogP) is 3.01. The molecule has 1 aliphatic carbocycles. The van der Waals surface area contributed by atoms with Gasteiger partial charge in [-0.1, -0.05) is 17.7 Å². The minimum absolute atomic E-state index is 0.346. The van der Waals surface area contributed by atoms with Gasteiger partial charge in [-0.25, -0.2) is 0 Å². The van der Waals surface area contributed by atoms with E-state index in [0.29, 0.717) is 17.2 Å². The number of benzene rings is 1. The van der Waals surface area contributed by atoms with Crippen LogP contribution in [-0.4, -0.2) is 26.4 Å². The van der Waals surface area contributed by atoms with Crippen molar-refractivity contribution in [2.45, 2.75) is 38.0 Å². The Hall–Kier alpha value is -0.770. The van der Waals surface area contributed by atoms with E-state index in [2.05, 4.69) is 5.32 Å². The van der Waals surface area contributed by atoms with Crippen molar-refractivity contribution < 1.29 is 9.47 Å². The highest BCUT2D eigenvalue weighted by molar-refractivity contribution is 6.32. The highest BCUT2D eigenvalue weighted by Crippen LogP contribution is 2.26. The molecule has 2 rings (SSSR count). The molecule has 2 atom stereocenters. The molecule has 2 unspecified atom stereocenters. The van der Waals surface area contributed by atoms with Crippen LogP contribution in [0.15, 0.2) is 18.2 Å². The summed E-state index contributed by atoms with van der Waals surface area (Å²) in [5.74, 6) is 0.719. The first-order valence-electron chi connectivity index (χ1n) is 6.33. The molecule has 1 aliphatic rings. The van der Waals surface area contributed by atoms with Crippen LogP contribution in [0.3, 0.4) is 0 Å². The Morgan fingerprint density at radius 1 is 1.33 bits per heavy atom. The molecule has 0 radical (unpaired) electrons. The second-order valence-electron chi connectivity index (χ2n) is 4.66. The van der Waals surface area contributed by atoms with Crippen molar-refractivity contribution in [3.05, 3.63) is 28.8 Å². The van der Waals surface area contributed by atoms with Gasteiger partial charge in [0.2, 0.25) is 0 Å². The fraction of sp³-hybridized carbons (Fsp3) is 0.571. The average Bonchev–Trinajstić information content (AvgIpc) is 2.84. The Kier molecular flexibility index (Phi) is 4.87. The van der Waals surface area contributed by atoms with Crippen molar-refractivity contribution in [2.24, 2.45) is 0 Å². The van der Waals surface area contributed by atoms with E-state index in [1.165, 1.54) is 18.4 Å². The van der Waals surface area contributed by atoms with E-state index in [0.717, 1.165) is 18.7 Å². The standard InChI is InChI=1S/C14H20ClNO2/c1-17-13-7-6-10(8-11(13)15)9-16-12-4-3-5-14(12)18-2/h6-8,12,14,16H,3-5,9H2,1-2H3. The lowest BCUT2D eigenvalue weighted by Gasteiger charge is -2.19. The Bertz CT molecular complexity index is 397. The summed E-state index contributed by atoms with van der Waals surface area (Å²) in [4.78, 5) is 0. The van der Waals surface area contributed by atoms with Crippen LogP contribution in [0, 0.1) is 0 Å². The Balaban J connectivity index is 1.92. The second-order valence-corrected chi connectivity index (χ2v) is 5.07. The maximum Gasteiger partial charge on any atom is 0.137 e. The van der Waals surface area contributed by atoms with Crippen LogP contribution < -0.4 is 10.1 Å². The van der Waals surface area contributed by atoms with Crippen LogP contribution in [0.5, 0.6) is 5.75 Å². The summed E-state index contributed by atoms with van der Waals surface area (Å²) in [6.07, 6.45) is 3.91. The molecule has 1 saturated carbocycles. The summed E-state index contributed by atoms with van der Waals surface area (Å²) >= 11 is 6.10. The number of halogens is 1. The van der Waals surface area contributed by atoms with E-state index in [-0.39, 0.29) is 0 Å². The number of nitrogens with one attached hydrogen (secondary N) is 1. The van der Waals surface area contributed by atoms with Crippen LogP contribution in [0.1, 0.15) is 24.8 Å². The van der Waals surface area contributed by atoms with Crippen molar-refractivity contribution in [2.75, 3.05) is 14.2 Å². The van der Waals surface area contributed by atoms with Gasteiger partial charge in [-0.2, -0.15) is 0 Å².